The predicted molar refractivity (Wildman–Crippen MR) is 66.9 cm³/mol. The van der Waals surface area contributed by atoms with Gasteiger partial charge in [-0.25, -0.2) is 0 Å². The first-order valence-corrected chi connectivity index (χ1v) is 6.61. The minimum absolute atomic E-state index is 0.244. The Morgan fingerprint density at radius 1 is 1.47 bits per heavy atom. The summed E-state index contributed by atoms with van der Waals surface area (Å²) >= 11 is 0. The van der Waals surface area contributed by atoms with Crippen molar-refractivity contribution in [3.05, 3.63) is 0 Å². The number of likely N-dealkylation sites (tertiary alicyclic amines) is 1. The number of carboxylic acids is 1. The lowest BCUT2D eigenvalue weighted by molar-refractivity contribution is -0.138. The molecule has 0 aromatic heterocycles. The van der Waals surface area contributed by atoms with Crippen molar-refractivity contribution in [3.63, 3.8) is 0 Å². The van der Waals surface area contributed by atoms with Crippen molar-refractivity contribution in [3.8, 4) is 0 Å². The van der Waals surface area contributed by atoms with Crippen LogP contribution in [-0.4, -0.2) is 46.8 Å². The van der Waals surface area contributed by atoms with Gasteiger partial charge in [0.1, 0.15) is 0 Å². The molecule has 1 heterocycles. The van der Waals surface area contributed by atoms with E-state index < -0.39 is 5.97 Å². The minimum atomic E-state index is -0.696. The number of carboxylic acid groups (broad SMARTS) is 1. The molecule has 0 amide bonds. The number of aliphatic carboxylic acids is 1. The molecule has 3 atom stereocenters. The first-order chi connectivity index (χ1) is 7.99. The van der Waals surface area contributed by atoms with Gasteiger partial charge in [0.25, 0.3) is 0 Å². The van der Waals surface area contributed by atoms with Crippen LogP contribution in [-0.2, 0) is 4.79 Å². The second-order valence-corrected chi connectivity index (χ2v) is 5.42. The van der Waals surface area contributed by atoms with Gasteiger partial charge in [-0.05, 0) is 44.6 Å². The van der Waals surface area contributed by atoms with E-state index in [0.29, 0.717) is 5.92 Å². The van der Waals surface area contributed by atoms with Crippen LogP contribution in [0, 0.1) is 11.8 Å². The Kier molecular flexibility index (Phi) is 5.92. The molecule has 100 valence electrons. The highest BCUT2D eigenvalue weighted by molar-refractivity contribution is 5.66. The van der Waals surface area contributed by atoms with Crippen LogP contribution in [0.4, 0.5) is 0 Å². The van der Waals surface area contributed by atoms with Gasteiger partial charge < -0.3 is 15.1 Å². The molecule has 0 aromatic rings. The number of aliphatic hydroxyl groups excluding tert-OH is 1. The van der Waals surface area contributed by atoms with Crippen molar-refractivity contribution in [2.45, 2.75) is 45.6 Å². The zero-order valence-corrected chi connectivity index (χ0v) is 10.9. The van der Waals surface area contributed by atoms with E-state index in [2.05, 4.69) is 4.90 Å². The van der Waals surface area contributed by atoms with E-state index in [0.717, 1.165) is 38.9 Å². The summed E-state index contributed by atoms with van der Waals surface area (Å²) in [5.41, 5.74) is 0. The maximum Gasteiger partial charge on any atom is 0.303 e. The predicted octanol–water partition coefficient (Wildman–Crippen LogP) is 1.58. The number of piperidine rings is 1. The molecule has 0 saturated carbocycles. The highest BCUT2D eigenvalue weighted by atomic mass is 16.4. The number of hydrogen-bond donors (Lipinski definition) is 2. The molecule has 2 N–H and O–H groups in total. The lowest BCUT2D eigenvalue weighted by atomic mass is 9.84. The fourth-order valence-electron chi connectivity index (χ4n) is 2.57. The Morgan fingerprint density at radius 3 is 2.76 bits per heavy atom. The zero-order chi connectivity index (χ0) is 12.8. The van der Waals surface area contributed by atoms with Gasteiger partial charge in [0, 0.05) is 19.5 Å². The number of nitrogens with zero attached hydrogens (tertiary/aromatic N) is 1. The molecule has 0 spiro atoms. The molecule has 1 rings (SSSR count). The van der Waals surface area contributed by atoms with E-state index in [4.69, 9.17) is 5.11 Å². The molecular formula is C13H25NO3. The zero-order valence-electron chi connectivity index (χ0n) is 10.9. The average Bonchev–Trinajstić information content (AvgIpc) is 2.26. The third-order valence-corrected chi connectivity index (χ3v) is 3.71. The van der Waals surface area contributed by atoms with Gasteiger partial charge in [-0.1, -0.05) is 6.92 Å². The Balaban J connectivity index is 2.34. The molecule has 0 aliphatic carbocycles. The van der Waals surface area contributed by atoms with Crippen LogP contribution in [0.1, 0.15) is 39.5 Å². The van der Waals surface area contributed by atoms with Crippen molar-refractivity contribution in [1.82, 2.24) is 4.90 Å². The molecule has 0 aromatic carbocycles. The Morgan fingerprint density at radius 2 is 2.18 bits per heavy atom. The van der Waals surface area contributed by atoms with Gasteiger partial charge in [-0.2, -0.15) is 0 Å². The third kappa shape index (κ3) is 5.50. The van der Waals surface area contributed by atoms with Gasteiger partial charge in [0.05, 0.1) is 6.10 Å². The molecule has 0 bridgehead atoms. The van der Waals surface area contributed by atoms with Crippen molar-refractivity contribution in [2.75, 3.05) is 19.6 Å². The Bertz CT molecular complexity index is 243. The molecule has 4 heteroatoms. The normalized spacial score (nSPS) is 25.5. The van der Waals surface area contributed by atoms with Crippen LogP contribution in [0.25, 0.3) is 0 Å². The van der Waals surface area contributed by atoms with E-state index >= 15 is 0 Å². The van der Waals surface area contributed by atoms with Crippen molar-refractivity contribution < 1.29 is 15.0 Å². The maximum atomic E-state index is 10.7. The van der Waals surface area contributed by atoms with Crippen molar-refractivity contribution >= 4 is 5.97 Å². The van der Waals surface area contributed by atoms with Crippen LogP contribution < -0.4 is 0 Å². The number of carbonyl (C=O) groups is 1. The summed E-state index contributed by atoms with van der Waals surface area (Å²) in [7, 11) is 0. The molecule has 1 aliphatic heterocycles. The van der Waals surface area contributed by atoms with Gasteiger partial charge >= 0.3 is 5.97 Å². The molecule has 1 fully saturated rings. The second-order valence-electron chi connectivity index (χ2n) is 5.42. The summed E-state index contributed by atoms with van der Waals surface area (Å²) in [5.74, 6) is 0.0503. The highest BCUT2D eigenvalue weighted by Crippen LogP contribution is 2.26. The van der Waals surface area contributed by atoms with E-state index in [-0.39, 0.29) is 18.4 Å². The van der Waals surface area contributed by atoms with Crippen molar-refractivity contribution in [2.24, 2.45) is 11.8 Å². The fourth-order valence-corrected chi connectivity index (χ4v) is 2.57. The number of hydrogen-bond acceptors (Lipinski definition) is 3. The molecule has 4 nitrogen and oxygen atoms in total. The second kappa shape index (κ2) is 6.97. The van der Waals surface area contributed by atoms with E-state index in [1.54, 1.807) is 0 Å². The summed E-state index contributed by atoms with van der Waals surface area (Å²) in [5, 5.41) is 18.1. The Labute approximate surface area is 104 Å². The van der Waals surface area contributed by atoms with Crippen LogP contribution >= 0.6 is 0 Å². The lowest BCUT2D eigenvalue weighted by Gasteiger charge is -2.35. The van der Waals surface area contributed by atoms with Gasteiger partial charge in [0.15, 0.2) is 0 Å². The van der Waals surface area contributed by atoms with Crippen molar-refractivity contribution in [1.29, 1.82) is 0 Å². The molecule has 17 heavy (non-hydrogen) atoms. The van der Waals surface area contributed by atoms with E-state index in [1.165, 1.54) is 0 Å². The highest BCUT2D eigenvalue weighted by Gasteiger charge is 2.25. The quantitative estimate of drug-likeness (QED) is 0.743. The monoisotopic (exact) mass is 243 g/mol. The molecule has 3 unspecified atom stereocenters. The summed E-state index contributed by atoms with van der Waals surface area (Å²) in [6.07, 6.45) is 3.12. The summed E-state index contributed by atoms with van der Waals surface area (Å²) < 4.78 is 0. The standard InChI is InChI=1S/C13H25NO3/c1-10(8-13(16)17)12-4-3-6-14(9-12)7-5-11(2)15/h10-12,15H,3-9H2,1-2H3,(H,16,17). The molecular weight excluding hydrogens is 218 g/mol. The summed E-state index contributed by atoms with van der Waals surface area (Å²) in [4.78, 5) is 13.1. The van der Waals surface area contributed by atoms with Gasteiger partial charge in [-0.15, -0.1) is 0 Å². The Hall–Kier alpha value is -0.610. The number of aliphatic hydroxyl groups is 1. The SMILES string of the molecule is CC(O)CCN1CCCC(C(C)CC(=O)O)C1. The fraction of sp³-hybridized carbons (Fsp3) is 0.923. The van der Waals surface area contributed by atoms with Gasteiger partial charge in [0.2, 0.25) is 0 Å². The average molecular weight is 243 g/mol. The maximum absolute atomic E-state index is 10.7. The first-order valence-electron chi connectivity index (χ1n) is 6.61. The lowest BCUT2D eigenvalue weighted by Crippen LogP contribution is -2.39. The smallest absolute Gasteiger partial charge is 0.303 e. The van der Waals surface area contributed by atoms with Crippen LogP contribution in [0.5, 0.6) is 0 Å². The van der Waals surface area contributed by atoms with E-state index in [1.807, 2.05) is 13.8 Å². The molecule has 1 aliphatic rings. The van der Waals surface area contributed by atoms with Gasteiger partial charge in [-0.3, -0.25) is 4.79 Å². The largest absolute Gasteiger partial charge is 0.481 e. The summed E-state index contributed by atoms with van der Waals surface area (Å²) in [6.45, 7) is 6.85. The van der Waals surface area contributed by atoms with Crippen LogP contribution in [0.3, 0.4) is 0 Å². The topological polar surface area (TPSA) is 60.8 Å². The molecule has 1 saturated heterocycles. The third-order valence-electron chi connectivity index (χ3n) is 3.71. The minimum Gasteiger partial charge on any atom is -0.481 e. The molecule has 0 radical (unpaired) electrons. The van der Waals surface area contributed by atoms with Crippen LogP contribution in [0.15, 0.2) is 0 Å². The van der Waals surface area contributed by atoms with Crippen LogP contribution in [0.2, 0.25) is 0 Å². The summed E-state index contributed by atoms with van der Waals surface area (Å²) in [6, 6.07) is 0. The van der Waals surface area contributed by atoms with E-state index in [9.17, 15) is 9.90 Å². The number of rotatable bonds is 6. The first kappa shape index (κ1) is 14.5.